The Morgan fingerprint density at radius 3 is 1.82 bits per heavy atom. The highest BCUT2D eigenvalue weighted by Crippen LogP contribution is 2.32. The van der Waals surface area contributed by atoms with Gasteiger partial charge in [0.1, 0.15) is 6.29 Å². The molecule has 1 saturated heterocycles. The van der Waals surface area contributed by atoms with Crippen LogP contribution < -0.4 is 16.2 Å². The summed E-state index contributed by atoms with van der Waals surface area (Å²) in [7, 11) is 2.27. The number of nitrogen functional groups attached to an aromatic ring is 1. The first-order valence-electron chi connectivity index (χ1n) is 20.3. The molecule has 0 saturated carbocycles. The zero-order valence-corrected chi connectivity index (χ0v) is 36.8. The van der Waals surface area contributed by atoms with E-state index in [1.807, 2.05) is 58.2 Å². The smallest absolute Gasteiger partial charge is 0.241 e. The number of likely N-dealkylation sites (tertiary alicyclic amines) is 1. The van der Waals surface area contributed by atoms with Gasteiger partial charge in [0.05, 0.1) is 16.1 Å². The van der Waals surface area contributed by atoms with E-state index in [9.17, 15) is 4.79 Å². The zero-order chi connectivity index (χ0) is 39.5. The molecule has 0 spiro atoms. The third-order valence-corrected chi connectivity index (χ3v) is 10.2. The van der Waals surface area contributed by atoms with Crippen molar-refractivity contribution in [2.45, 2.75) is 172 Å². The van der Waals surface area contributed by atoms with Gasteiger partial charge in [-0.3, -0.25) is 9.52 Å². The first-order valence-corrected chi connectivity index (χ1v) is 21.6. The van der Waals surface area contributed by atoms with Gasteiger partial charge in [-0.2, -0.15) is 0 Å². The van der Waals surface area contributed by atoms with Crippen LogP contribution in [0.4, 0.5) is 5.69 Å². The molecule has 2 aliphatic rings. The third-order valence-electron chi connectivity index (χ3n) is 9.30. The van der Waals surface area contributed by atoms with Crippen molar-refractivity contribution in [1.29, 1.82) is 0 Å². The molecule has 0 bridgehead atoms. The molecule has 0 aliphatic carbocycles. The van der Waals surface area contributed by atoms with Crippen molar-refractivity contribution in [1.82, 2.24) is 9.62 Å². The molecule has 1 amide bonds. The van der Waals surface area contributed by atoms with Gasteiger partial charge in [0.15, 0.2) is 0 Å². The highest BCUT2D eigenvalue weighted by molar-refractivity contribution is 8.00. The molecule has 0 radical (unpaired) electrons. The van der Waals surface area contributed by atoms with Crippen LogP contribution >= 0.6 is 23.5 Å². The van der Waals surface area contributed by atoms with Crippen molar-refractivity contribution in [2.75, 3.05) is 32.4 Å². The monoisotopic (exact) mass is 755 g/mol. The van der Waals surface area contributed by atoms with E-state index in [4.69, 9.17) is 27.9 Å². The SMILES string of the molecule is CC.CC1(CN)C=CSNC1=O.CC=O.CCCCCCC(CCC)C1CCN(C)CC1.CCCCCCCCC.Cc1cc(C)c(N)c(Cl)c1. The number of rotatable bonds is 15. The number of hydrogen-bond donors (Lipinski definition) is 3. The molecule has 2 aliphatic heterocycles. The second-order valence-corrected chi connectivity index (χ2v) is 15.1. The molecule has 1 aromatic rings. The number of nitrogens with zero attached hydrogens (tertiary/aromatic N) is 1. The number of aryl methyl sites for hydroxylation is 2. The van der Waals surface area contributed by atoms with E-state index < -0.39 is 5.41 Å². The van der Waals surface area contributed by atoms with Crippen LogP contribution in [0.1, 0.15) is 169 Å². The number of unbranched alkanes of at least 4 members (excludes halogenated alkanes) is 9. The van der Waals surface area contributed by atoms with E-state index >= 15 is 0 Å². The Kier molecular flexibility index (Phi) is 38.8. The summed E-state index contributed by atoms with van der Waals surface area (Å²) in [5.74, 6) is 2.06. The lowest BCUT2D eigenvalue weighted by molar-refractivity contribution is -0.125. The predicted octanol–water partition coefficient (Wildman–Crippen LogP) is 12.5. The summed E-state index contributed by atoms with van der Waals surface area (Å²) in [4.78, 5) is 22.4. The van der Waals surface area contributed by atoms with E-state index in [1.165, 1.54) is 135 Å². The summed E-state index contributed by atoms with van der Waals surface area (Å²) in [5, 5.41) is 2.49. The number of nitrogens with two attached hydrogens (primary N) is 2. The van der Waals surface area contributed by atoms with Gasteiger partial charge in [0, 0.05) is 6.54 Å². The summed E-state index contributed by atoms with van der Waals surface area (Å²) in [6.07, 6.45) is 25.6. The number of amides is 1. The zero-order valence-electron chi connectivity index (χ0n) is 35.2. The van der Waals surface area contributed by atoms with Crippen molar-refractivity contribution in [3.63, 3.8) is 0 Å². The quantitative estimate of drug-likeness (QED) is 0.0713. The fourth-order valence-corrected chi connectivity index (χ4v) is 7.00. The van der Waals surface area contributed by atoms with Crippen molar-refractivity contribution in [3.8, 4) is 0 Å². The highest BCUT2D eigenvalue weighted by Gasteiger charge is 2.30. The molecule has 5 N–H and O–H groups in total. The van der Waals surface area contributed by atoms with Crippen LogP contribution in [0.25, 0.3) is 0 Å². The van der Waals surface area contributed by atoms with Gasteiger partial charge >= 0.3 is 0 Å². The van der Waals surface area contributed by atoms with Crippen LogP contribution in [0, 0.1) is 31.1 Å². The number of anilines is 1. The molecular weight excluding hydrogens is 672 g/mol. The number of nitrogens with one attached hydrogen (secondary N) is 1. The molecule has 1 aromatic carbocycles. The van der Waals surface area contributed by atoms with Crippen LogP contribution in [0.5, 0.6) is 0 Å². The lowest BCUT2D eigenvalue weighted by Gasteiger charge is -2.34. The normalized spacial score (nSPS) is 17.2. The number of halogens is 1. The molecule has 8 heteroatoms. The van der Waals surface area contributed by atoms with Gasteiger partial charge in [0.25, 0.3) is 0 Å². The number of carbonyl (C=O) groups excluding carboxylic acids is 2. The van der Waals surface area contributed by atoms with Gasteiger partial charge < -0.3 is 21.2 Å². The Morgan fingerprint density at radius 1 is 0.922 bits per heavy atom. The summed E-state index contributed by atoms with van der Waals surface area (Å²) >= 11 is 7.08. The van der Waals surface area contributed by atoms with Crippen LogP contribution in [-0.2, 0) is 9.59 Å². The van der Waals surface area contributed by atoms with Gasteiger partial charge in [0.2, 0.25) is 5.91 Å². The third kappa shape index (κ3) is 28.6. The summed E-state index contributed by atoms with van der Waals surface area (Å²) in [5.41, 5.74) is 13.4. The maximum atomic E-state index is 11.1. The number of piperidine rings is 1. The molecule has 2 unspecified atom stereocenters. The maximum Gasteiger partial charge on any atom is 0.241 e. The van der Waals surface area contributed by atoms with Crippen LogP contribution in [-0.4, -0.2) is 43.8 Å². The number of hydrogen-bond acceptors (Lipinski definition) is 6. The minimum atomic E-state index is -0.495. The minimum Gasteiger partial charge on any atom is -0.397 e. The fraction of sp³-hybridized carbons (Fsp3) is 0.767. The first-order chi connectivity index (χ1) is 24.4. The van der Waals surface area contributed by atoms with Gasteiger partial charge in [-0.1, -0.05) is 155 Å². The maximum absolute atomic E-state index is 11.1. The second-order valence-electron chi connectivity index (χ2n) is 14.0. The Balaban J connectivity index is -0.000000595. The number of carbonyl (C=O) groups is 2. The van der Waals surface area contributed by atoms with E-state index in [0.717, 1.165) is 29.2 Å². The second kappa shape index (κ2) is 36.8. The van der Waals surface area contributed by atoms with E-state index in [1.54, 1.807) is 0 Å². The molecule has 2 atom stereocenters. The molecule has 6 nitrogen and oxygen atoms in total. The summed E-state index contributed by atoms with van der Waals surface area (Å²) in [6, 6.07) is 3.88. The molecule has 51 heavy (non-hydrogen) atoms. The van der Waals surface area contributed by atoms with Crippen LogP contribution in [0.2, 0.25) is 5.02 Å². The highest BCUT2D eigenvalue weighted by atomic mass is 35.5. The van der Waals surface area contributed by atoms with E-state index in [2.05, 4.69) is 44.4 Å². The minimum absolute atomic E-state index is 0.0116. The Hall–Kier alpha value is -1.54. The Labute approximate surface area is 326 Å². The lowest BCUT2D eigenvalue weighted by Crippen LogP contribution is -2.41. The molecule has 2 heterocycles. The average molecular weight is 756 g/mol. The topological polar surface area (TPSA) is 101 Å². The van der Waals surface area contributed by atoms with Crippen molar-refractivity contribution >= 4 is 41.4 Å². The van der Waals surface area contributed by atoms with Crippen LogP contribution in [0.3, 0.4) is 0 Å². The number of aldehydes is 1. The molecule has 3 rings (SSSR count). The molecule has 0 aromatic heterocycles. The largest absolute Gasteiger partial charge is 0.397 e. The van der Waals surface area contributed by atoms with Crippen molar-refractivity contribution < 1.29 is 9.59 Å². The summed E-state index contributed by atoms with van der Waals surface area (Å²) in [6.45, 7) is 23.4. The van der Waals surface area contributed by atoms with Gasteiger partial charge in [-0.05, 0) is 107 Å². The molecular formula is C43H83ClN4O2S. The Bertz CT molecular complexity index is 956. The van der Waals surface area contributed by atoms with Gasteiger partial charge in [-0.15, -0.1) is 0 Å². The van der Waals surface area contributed by atoms with Crippen molar-refractivity contribution in [3.05, 3.63) is 39.8 Å². The lowest BCUT2D eigenvalue weighted by atomic mass is 9.79. The Morgan fingerprint density at radius 2 is 1.41 bits per heavy atom. The van der Waals surface area contributed by atoms with Crippen molar-refractivity contribution in [2.24, 2.45) is 23.0 Å². The fourth-order valence-electron chi connectivity index (χ4n) is 5.90. The first kappa shape index (κ1) is 53.8. The van der Waals surface area contributed by atoms with E-state index in [0.29, 0.717) is 17.3 Å². The molecule has 1 fully saturated rings. The predicted molar refractivity (Wildman–Crippen MR) is 232 cm³/mol. The van der Waals surface area contributed by atoms with Gasteiger partial charge in [-0.25, -0.2) is 0 Å². The number of benzene rings is 1. The molecule has 300 valence electrons. The average Bonchev–Trinajstić information content (AvgIpc) is 3.12. The standard InChI is InChI=1S/C16H33N.C9H20.C8H10ClN.C6H10N2OS.C2H4O.C2H6/c1-4-6-7-8-10-15(9-5-2)16-11-13-17(3)14-12-16;1-3-5-7-9-8-6-4-2;1-5-3-6(2)8(10)7(9)4-5;1-6(4-7)2-3-10-8-5(6)9;1-2-3;1-2/h15-16H,4-14H2,1-3H3;3-9H2,1-2H3;3-4H,10H2,1-2H3;2-3H,4,7H2,1H3,(H,8,9);2H,1H3;1-2H3. The van der Waals surface area contributed by atoms with E-state index in [-0.39, 0.29) is 5.91 Å². The van der Waals surface area contributed by atoms with Crippen LogP contribution in [0.15, 0.2) is 23.6 Å². The summed E-state index contributed by atoms with van der Waals surface area (Å²) < 4.78 is 2.63.